The minimum Gasteiger partial charge on any atom is -0.455 e. The van der Waals surface area contributed by atoms with Crippen LogP contribution in [0.2, 0.25) is 19.6 Å². The first kappa shape index (κ1) is 64.6. The number of benzene rings is 14. The van der Waals surface area contributed by atoms with E-state index in [1.807, 2.05) is 11.3 Å². The number of thiophene rings is 1. The molecule has 0 saturated heterocycles. The summed E-state index contributed by atoms with van der Waals surface area (Å²) < 4.78 is 10.3. The van der Waals surface area contributed by atoms with Crippen LogP contribution in [0.1, 0.15) is 97.2 Å². The molecule has 16 aromatic rings. The van der Waals surface area contributed by atoms with Gasteiger partial charge in [0.25, 0.3) is 0 Å². The second kappa shape index (κ2) is 24.2. The summed E-state index contributed by atoms with van der Waals surface area (Å²) >= 11 is 1.91. The van der Waals surface area contributed by atoms with Gasteiger partial charge in [0.15, 0.2) is 0 Å². The molecular formula is C96H85N3OSSi. The summed E-state index contributed by atoms with van der Waals surface area (Å²) in [5, 5.41) is 10.7. The van der Waals surface area contributed by atoms with Gasteiger partial charge in [0.2, 0.25) is 0 Å². The Hall–Kier alpha value is -10.8. The van der Waals surface area contributed by atoms with Gasteiger partial charge in [-0.15, -0.1) is 11.3 Å². The van der Waals surface area contributed by atoms with Crippen molar-refractivity contribution < 1.29 is 4.42 Å². The fraction of sp³-hybridized carbons (Fsp3) is 0.167. The fourth-order valence-corrected chi connectivity index (χ4v) is 19.0. The van der Waals surface area contributed by atoms with Gasteiger partial charge >= 0.3 is 0 Å². The van der Waals surface area contributed by atoms with Gasteiger partial charge in [-0.3, -0.25) is 0 Å². The molecule has 0 amide bonds. The Kier molecular flexibility index (Phi) is 15.3. The molecule has 0 spiro atoms. The molecule has 0 saturated carbocycles. The number of nitrogens with zero attached hydrogens (tertiary/aromatic N) is 3. The van der Waals surface area contributed by atoms with Crippen LogP contribution in [0.4, 0.5) is 51.2 Å². The first-order valence-corrected chi connectivity index (χ1v) is 40.4. The summed E-state index contributed by atoms with van der Waals surface area (Å²) in [5.74, 6) is 0. The van der Waals surface area contributed by atoms with Crippen LogP contribution in [0.3, 0.4) is 0 Å². The minimum atomic E-state index is -1.86. The third-order valence-electron chi connectivity index (χ3n) is 21.7. The molecule has 6 heteroatoms. The lowest BCUT2D eigenvalue weighted by Gasteiger charge is -2.37. The van der Waals surface area contributed by atoms with Crippen LogP contribution in [-0.4, -0.2) is 8.07 Å². The van der Waals surface area contributed by atoms with Gasteiger partial charge in [-0.05, 0) is 179 Å². The van der Waals surface area contributed by atoms with Crippen molar-refractivity contribution in [1.82, 2.24) is 0 Å². The SMILES string of the molecule is Cc1ccc(N(c2cccc3ccccc23)c2cc3c(c4oc5ccccc5c24)-c2c(cc(N(c4ccc(C)cc4C)c4cccc5ccccc45)c4c2sc2ccccc24)C3(c2ccc(N(c3ccc(C(C)(C)C)cc3)c3ccc(C(C)(C)C)cc3)cc2)c2ccc([Si](C)(C)C)cc2)c(C)c1. The second-order valence-corrected chi connectivity index (χ2v) is 37.7. The molecule has 1 aliphatic carbocycles. The molecule has 102 heavy (non-hydrogen) atoms. The van der Waals surface area contributed by atoms with Crippen LogP contribution in [0.15, 0.2) is 283 Å². The predicted octanol–water partition coefficient (Wildman–Crippen LogP) is 27.4. The van der Waals surface area contributed by atoms with E-state index < -0.39 is 13.5 Å². The average Bonchev–Trinajstić information content (AvgIpc) is 1.50. The van der Waals surface area contributed by atoms with Crippen molar-refractivity contribution in [3.8, 4) is 11.1 Å². The summed E-state index contributed by atoms with van der Waals surface area (Å²) in [6.07, 6.45) is 0. The molecule has 2 aromatic heterocycles. The fourth-order valence-electron chi connectivity index (χ4n) is 16.6. The maximum atomic E-state index is 7.87. The van der Waals surface area contributed by atoms with Crippen molar-refractivity contribution in [2.45, 2.75) is 105 Å². The largest absolute Gasteiger partial charge is 0.455 e. The number of hydrogen-bond acceptors (Lipinski definition) is 5. The number of rotatable bonds is 12. The molecule has 1 atom stereocenters. The monoisotopic (exact) mass is 1360 g/mol. The van der Waals surface area contributed by atoms with Crippen molar-refractivity contribution in [2.24, 2.45) is 0 Å². The molecule has 500 valence electrons. The van der Waals surface area contributed by atoms with Crippen molar-refractivity contribution in [2.75, 3.05) is 14.7 Å². The molecule has 1 aliphatic rings. The number of furan rings is 1. The zero-order chi connectivity index (χ0) is 70.3. The highest BCUT2D eigenvalue weighted by Gasteiger charge is 2.51. The topological polar surface area (TPSA) is 22.9 Å². The van der Waals surface area contributed by atoms with Crippen molar-refractivity contribution in [3.63, 3.8) is 0 Å². The average molecular weight is 1360 g/mol. The number of fused-ring (bicyclic) bond motifs is 13. The second-order valence-electron chi connectivity index (χ2n) is 31.5. The van der Waals surface area contributed by atoms with Crippen LogP contribution in [0.25, 0.3) is 74.8 Å². The van der Waals surface area contributed by atoms with Crippen LogP contribution in [-0.2, 0) is 16.2 Å². The van der Waals surface area contributed by atoms with Crippen LogP contribution < -0.4 is 19.9 Å². The Bertz CT molecular complexity index is 5670. The van der Waals surface area contributed by atoms with E-state index in [0.717, 1.165) is 95.2 Å². The van der Waals surface area contributed by atoms with Crippen molar-refractivity contribution in [1.29, 1.82) is 0 Å². The van der Waals surface area contributed by atoms with E-state index in [4.69, 9.17) is 4.42 Å². The van der Waals surface area contributed by atoms with E-state index >= 15 is 0 Å². The minimum absolute atomic E-state index is 0.0142. The van der Waals surface area contributed by atoms with Crippen LogP contribution >= 0.6 is 11.3 Å². The molecule has 4 nitrogen and oxygen atoms in total. The Morgan fingerprint density at radius 3 is 1.29 bits per heavy atom. The Labute approximate surface area is 605 Å². The third kappa shape index (κ3) is 10.5. The number of hydrogen-bond donors (Lipinski definition) is 0. The molecular weight excluding hydrogens is 1270 g/mol. The van der Waals surface area contributed by atoms with Crippen molar-refractivity contribution in [3.05, 3.63) is 335 Å². The first-order chi connectivity index (χ1) is 49.1. The highest BCUT2D eigenvalue weighted by atomic mass is 32.1. The van der Waals surface area contributed by atoms with Gasteiger partial charge in [0, 0.05) is 75.9 Å². The predicted molar refractivity (Wildman–Crippen MR) is 442 cm³/mol. The summed E-state index contributed by atoms with van der Waals surface area (Å²) in [5.41, 5.74) is 25.0. The van der Waals surface area contributed by atoms with Crippen LogP contribution in [0.5, 0.6) is 0 Å². The lowest BCUT2D eigenvalue weighted by atomic mass is 9.67. The Morgan fingerprint density at radius 1 is 0.363 bits per heavy atom. The highest BCUT2D eigenvalue weighted by molar-refractivity contribution is 7.26. The Balaban J connectivity index is 1.06. The van der Waals surface area contributed by atoms with Gasteiger partial charge in [-0.2, -0.15) is 0 Å². The normalized spacial score (nSPS) is 14.0. The summed E-state index contributed by atoms with van der Waals surface area (Å²) in [6, 6.07) is 107. The third-order valence-corrected chi connectivity index (χ3v) is 25.0. The molecule has 1 unspecified atom stereocenters. The molecule has 2 heterocycles. The van der Waals surface area contributed by atoms with E-state index in [1.54, 1.807) is 0 Å². The summed E-state index contributed by atoms with van der Waals surface area (Å²) in [4.78, 5) is 7.63. The number of anilines is 9. The molecule has 14 aromatic carbocycles. The van der Waals surface area contributed by atoms with Gasteiger partial charge < -0.3 is 19.1 Å². The lowest BCUT2D eigenvalue weighted by Crippen LogP contribution is -2.38. The summed E-state index contributed by atoms with van der Waals surface area (Å²) in [6.45, 7) is 30.2. The molecule has 0 fully saturated rings. The maximum Gasteiger partial charge on any atom is 0.145 e. The van der Waals surface area contributed by atoms with Gasteiger partial charge in [-0.1, -0.05) is 272 Å². The molecule has 17 rings (SSSR count). The smallest absolute Gasteiger partial charge is 0.145 e. The van der Waals surface area contributed by atoms with E-state index in [2.05, 4.69) is 383 Å². The van der Waals surface area contributed by atoms with Crippen molar-refractivity contribution >= 4 is 139 Å². The zero-order valence-corrected chi connectivity index (χ0v) is 62.5. The van der Waals surface area contributed by atoms with Gasteiger partial charge in [0.05, 0.1) is 41.6 Å². The molecule has 0 radical (unpaired) electrons. The van der Waals surface area contributed by atoms with Crippen LogP contribution in [0, 0.1) is 27.7 Å². The maximum absolute atomic E-state index is 7.87. The number of aryl methyl sites for hydroxylation is 4. The zero-order valence-electron chi connectivity index (χ0n) is 60.7. The quantitative estimate of drug-likeness (QED) is 0.114. The van der Waals surface area contributed by atoms with Gasteiger partial charge in [-0.25, -0.2) is 0 Å². The molecule has 0 aliphatic heterocycles. The first-order valence-electron chi connectivity index (χ1n) is 36.0. The van der Waals surface area contributed by atoms with E-state index in [0.29, 0.717) is 0 Å². The standard InChI is InChI=1S/C96H85N3OSSi/c1-60-36-54-80(62(3)56-60)98(82-32-22-26-64-24-14-16-28-74(64)82)84-58-78-90(92-88(84)76-30-18-20-34-86(76)100-92)91-79(59-85(89-77-31-19-21-35-87(77)101-93(89)91)99(81-55-37-61(2)57-63(81)4)83-33-23-27-65-25-15-17-29-75(65)83)96(78,69-44-52-73(53-45-69)102(11,12)13)68-42-50-72(51-43-68)97(70-46-38-66(39-47-70)94(5,6)7)71-48-40-67(41-49-71)95(8,9)10/h14-59H,1-13H3. The highest BCUT2D eigenvalue weighted by Crippen LogP contribution is 2.66. The lowest BCUT2D eigenvalue weighted by molar-refractivity contribution is 0.590. The Morgan fingerprint density at radius 2 is 0.794 bits per heavy atom. The van der Waals surface area contributed by atoms with E-state index in [1.165, 1.54) is 91.6 Å². The molecule has 0 N–H and O–H groups in total. The molecule has 0 bridgehead atoms. The number of para-hydroxylation sites is 1. The van der Waals surface area contributed by atoms with E-state index in [9.17, 15) is 0 Å². The van der Waals surface area contributed by atoms with Gasteiger partial charge in [0.1, 0.15) is 11.2 Å². The summed E-state index contributed by atoms with van der Waals surface area (Å²) in [7, 11) is -1.86. The van der Waals surface area contributed by atoms with E-state index in [-0.39, 0.29) is 10.8 Å².